The standard InChI is InChI=1S/C22H15F3N2O/c23-22(24,25)16-9-5-14(6-10-16)7-12-21-26-18-11-8-15(13-19(18)27-21)17-3-1-2-4-20(17)28/h1-13,28H,(H,26,27). The molecule has 2 N–H and O–H groups in total. The summed E-state index contributed by atoms with van der Waals surface area (Å²) in [5, 5.41) is 10.0. The summed E-state index contributed by atoms with van der Waals surface area (Å²) in [6, 6.07) is 17.6. The maximum Gasteiger partial charge on any atom is 0.416 e. The number of phenolic OH excluding ortho intramolecular Hbond substituents is 1. The fourth-order valence-corrected chi connectivity index (χ4v) is 2.95. The highest BCUT2D eigenvalue weighted by Crippen LogP contribution is 2.31. The second-order valence-electron chi connectivity index (χ2n) is 6.32. The number of para-hydroxylation sites is 1. The third-order valence-corrected chi connectivity index (χ3v) is 4.39. The third kappa shape index (κ3) is 3.62. The van der Waals surface area contributed by atoms with Gasteiger partial charge in [-0.2, -0.15) is 13.2 Å². The number of nitrogens with zero attached hydrogens (tertiary/aromatic N) is 1. The van der Waals surface area contributed by atoms with E-state index in [9.17, 15) is 18.3 Å². The molecule has 1 heterocycles. The number of rotatable bonds is 3. The first-order valence-corrected chi connectivity index (χ1v) is 8.54. The number of hydrogen-bond acceptors (Lipinski definition) is 2. The van der Waals surface area contributed by atoms with E-state index in [0.29, 0.717) is 11.4 Å². The summed E-state index contributed by atoms with van der Waals surface area (Å²) in [5.74, 6) is 0.785. The lowest BCUT2D eigenvalue weighted by molar-refractivity contribution is -0.137. The predicted molar refractivity (Wildman–Crippen MR) is 104 cm³/mol. The summed E-state index contributed by atoms with van der Waals surface area (Å²) in [6.07, 6.45) is -0.935. The van der Waals surface area contributed by atoms with Crippen molar-refractivity contribution in [3.05, 3.63) is 83.7 Å². The minimum absolute atomic E-state index is 0.198. The second kappa shape index (κ2) is 6.88. The van der Waals surface area contributed by atoms with E-state index in [1.807, 2.05) is 30.3 Å². The summed E-state index contributed by atoms with van der Waals surface area (Å²) in [4.78, 5) is 7.63. The zero-order valence-electron chi connectivity index (χ0n) is 14.5. The first kappa shape index (κ1) is 17.9. The SMILES string of the molecule is Oc1ccccc1-c1ccc2nc(C=Cc3ccc(C(F)(F)F)cc3)[nH]c2c1. The van der Waals surface area contributed by atoms with E-state index in [4.69, 9.17) is 0 Å². The Kier molecular flexibility index (Phi) is 4.39. The Morgan fingerprint density at radius 1 is 0.893 bits per heavy atom. The van der Waals surface area contributed by atoms with E-state index in [1.165, 1.54) is 12.1 Å². The van der Waals surface area contributed by atoms with Crippen molar-refractivity contribution in [3.8, 4) is 16.9 Å². The monoisotopic (exact) mass is 380 g/mol. The van der Waals surface area contributed by atoms with Crippen molar-refractivity contribution < 1.29 is 18.3 Å². The summed E-state index contributed by atoms with van der Waals surface area (Å²) in [5.41, 5.74) is 3.10. The van der Waals surface area contributed by atoms with E-state index in [2.05, 4.69) is 9.97 Å². The molecule has 6 heteroatoms. The first-order chi connectivity index (χ1) is 13.4. The maximum absolute atomic E-state index is 12.6. The van der Waals surface area contributed by atoms with Crippen molar-refractivity contribution in [2.24, 2.45) is 0 Å². The molecular formula is C22H15F3N2O. The van der Waals surface area contributed by atoms with E-state index in [-0.39, 0.29) is 5.75 Å². The van der Waals surface area contributed by atoms with Gasteiger partial charge in [-0.1, -0.05) is 42.5 Å². The average Bonchev–Trinajstić information content (AvgIpc) is 3.08. The molecule has 3 nitrogen and oxygen atoms in total. The number of aromatic amines is 1. The Labute approximate surface area is 158 Å². The molecule has 0 bridgehead atoms. The van der Waals surface area contributed by atoms with Crippen molar-refractivity contribution in [2.45, 2.75) is 6.18 Å². The quantitative estimate of drug-likeness (QED) is 0.449. The van der Waals surface area contributed by atoms with Crippen molar-refractivity contribution in [2.75, 3.05) is 0 Å². The van der Waals surface area contributed by atoms with Crippen LogP contribution in [0.15, 0.2) is 66.7 Å². The Morgan fingerprint density at radius 2 is 1.64 bits per heavy atom. The summed E-state index contributed by atoms with van der Waals surface area (Å²) >= 11 is 0. The highest BCUT2D eigenvalue weighted by Gasteiger charge is 2.29. The molecule has 4 aromatic rings. The van der Waals surface area contributed by atoms with Gasteiger partial charge in [0.2, 0.25) is 0 Å². The molecule has 0 radical (unpaired) electrons. The van der Waals surface area contributed by atoms with Crippen LogP contribution in [-0.2, 0) is 6.18 Å². The van der Waals surface area contributed by atoms with Crippen LogP contribution in [0.3, 0.4) is 0 Å². The number of fused-ring (bicyclic) bond motifs is 1. The lowest BCUT2D eigenvalue weighted by atomic mass is 10.0. The fourth-order valence-electron chi connectivity index (χ4n) is 2.95. The van der Waals surface area contributed by atoms with Gasteiger partial charge in [0.1, 0.15) is 11.6 Å². The molecule has 4 rings (SSSR count). The van der Waals surface area contributed by atoms with Gasteiger partial charge in [-0.25, -0.2) is 4.98 Å². The zero-order valence-corrected chi connectivity index (χ0v) is 14.5. The molecule has 0 aliphatic rings. The average molecular weight is 380 g/mol. The minimum Gasteiger partial charge on any atom is -0.507 e. The van der Waals surface area contributed by atoms with Gasteiger partial charge < -0.3 is 10.1 Å². The number of hydrogen-bond donors (Lipinski definition) is 2. The Balaban J connectivity index is 1.60. The molecule has 0 aliphatic carbocycles. The van der Waals surface area contributed by atoms with Crippen molar-refractivity contribution in [1.82, 2.24) is 9.97 Å². The normalized spacial score (nSPS) is 12.1. The first-order valence-electron chi connectivity index (χ1n) is 8.54. The van der Waals surface area contributed by atoms with Gasteiger partial charge in [0.05, 0.1) is 16.6 Å². The highest BCUT2D eigenvalue weighted by molar-refractivity contribution is 5.85. The number of aromatic nitrogens is 2. The number of H-pyrrole nitrogens is 1. The van der Waals surface area contributed by atoms with Crippen LogP contribution in [-0.4, -0.2) is 15.1 Å². The van der Waals surface area contributed by atoms with Gasteiger partial charge in [-0.05, 0) is 47.5 Å². The molecule has 0 spiro atoms. The van der Waals surface area contributed by atoms with Crippen LogP contribution in [0, 0.1) is 0 Å². The van der Waals surface area contributed by atoms with Crippen LogP contribution in [0.2, 0.25) is 0 Å². The molecule has 3 aromatic carbocycles. The van der Waals surface area contributed by atoms with Crippen LogP contribution < -0.4 is 0 Å². The van der Waals surface area contributed by atoms with Gasteiger partial charge in [-0.15, -0.1) is 0 Å². The van der Waals surface area contributed by atoms with Crippen molar-refractivity contribution >= 4 is 23.2 Å². The van der Waals surface area contributed by atoms with Crippen LogP contribution in [0.1, 0.15) is 17.0 Å². The van der Waals surface area contributed by atoms with Gasteiger partial charge in [0.15, 0.2) is 0 Å². The molecule has 140 valence electrons. The molecule has 0 fully saturated rings. The molecule has 0 aliphatic heterocycles. The van der Waals surface area contributed by atoms with Gasteiger partial charge in [0.25, 0.3) is 0 Å². The van der Waals surface area contributed by atoms with E-state index >= 15 is 0 Å². The number of alkyl halides is 3. The van der Waals surface area contributed by atoms with Crippen molar-refractivity contribution in [3.63, 3.8) is 0 Å². The van der Waals surface area contributed by atoms with E-state index in [1.54, 1.807) is 24.3 Å². The number of imidazole rings is 1. The van der Waals surface area contributed by atoms with Gasteiger partial charge in [0, 0.05) is 5.56 Å². The maximum atomic E-state index is 12.6. The third-order valence-electron chi connectivity index (χ3n) is 4.39. The molecular weight excluding hydrogens is 365 g/mol. The number of phenols is 1. The Hall–Kier alpha value is -3.54. The fraction of sp³-hybridized carbons (Fsp3) is 0.0455. The molecule has 0 amide bonds. The molecule has 0 saturated heterocycles. The zero-order chi connectivity index (χ0) is 19.7. The van der Waals surface area contributed by atoms with E-state index in [0.717, 1.165) is 34.3 Å². The number of aromatic hydroxyl groups is 1. The largest absolute Gasteiger partial charge is 0.507 e. The Bertz CT molecular complexity index is 1160. The van der Waals surface area contributed by atoms with Crippen molar-refractivity contribution in [1.29, 1.82) is 0 Å². The van der Waals surface area contributed by atoms with Crippen LogP contribution in [0.5, 0.6) is 5.75 Å². The topological polar surface area (TPSA) is 48.9 Å². The smallest absolute Gasteiger partial charge is 0.416 e. The molecule has 28 heavy (non-hydrogen) atoms. The second-order valence-corrected chi connectivity index (χ2v) is 6.32. The number of nitrogens with one attached hydrogen (secondary N) is 1. The van der Waals surface area contributed by atoms with Crippen LogP contribution in [0.4, 0.5) is 13.2 Å². The summed E-state index contributed by atoms with van der Waals surface area (Å²) < 4.78 is 37.9. The van der Waals surface area contributed by atoms with Crippen LogP contribution >= 0.6 is 0 Å². The van der Waals surface area contributed by atoms with Gasteiger partial charge >= 0.3 is 6.18 Å². The predicted octanol–water partition coefficient (Wildman–Crippen LogP) is 6.12. The lowest BCUT2D eigenvalue weighted by Gasteiger charge is -2.05. The highest BCUT2D eigenvalue weighted by atomic mass is 19.4. The number of benzene rings is 3. The summed E-state index contributed by atoms with van der Waals surface area (Å²) in [7, 11) is 0. The lowest BCUT2D eigenvalue weighted by Crippen LogP contribution is -2.03. The number of halogens is 3. The summed E-state index contributed by atoms with van der Waals surface area (Å²) in [6.45, 7) is 0. The molecule has 0 unspecified atom stereocenters. The molecule has 0 atom stereocenters. The van der Waals surface area contributed by atoms with E-state index < -0.39 is 11.7 Å². The van der Waals surface area contributed by atoms with Crippen LogP contribution in [0.25, 0.3) is 34.3 Å². The van der Waals surface area contributed by atoms with Gasteiger partial charge in [-0.3, -0.25) is 0 Å². The Morgan fingerprint density at radius 3 is 2.36 bits per heavy atom. The molecule has 1 aromatic heterocycles. The molecule has 0 saturated carbocycles. The minimum atomic E-state index is -4.34.